The lowest BCUT2D eigenvalue weighted by Gasteiger charge is -2.25. The molecule has 0 unspecified atom stereocenters. The van der Waals surface area contributed by atoms with Crippen LogP contribution in [0.4, 0.5) is 0 Å². The monoisotopic (exact) mass is 380 g/mol. The van der Waals surface area contributed by atoms with Crippen molar-refractivity contribution in [3.05, 3.63) is 63.9 Å². The fraction of sp³-hybridized carbons (Fsp3) is 0.381. The number of carbonyl (C=O) groups is 1. The Morgan fingerprint density at radius 3 is 2.70 bits per heavy atom. The zero-order chi connectivity index (χ0) is 18.8. The summed E-state index contributed by atoms with van der Waals surface area (Å²) in [6.45, 7) is 2.07. The van der Waals surface area contributed by atoms with Crippen LogP contribution >= 0.6 is 11.3 Å². The second-order valence-electron chi connectivity index (χ2n) is 7.14. The minimum atomic E-state index is 0.00389. The first kappa shape index (κ1) is 17.9. The quantitative estimate of drug-likeness (QED) is 0.629. The maximum Gasteiger partial charge on any atom is 0.264 e. The molecular formula is C21H24N4OS. The summed E-state index contributed by atoms with van der Waals surface area (Å²) in [6, 6.07) is 10.2. The van der Waals surface area contributed by atoms with Crippen LogP contribution in [-0.4, -0.2) is 32.6 Å². The Morgan fingerprint density at radius 1 is 1.19 bits per heavy atom. The molecule has 0 radical (unpaired) electrons. The summed E-state index contributed by atoms with van der Waals surface area (Å²) < 4.78 is 1.72. The second kappa shape index (κ2) is 7.64. The lowest BCUT2D eigenvalue weighted by molar-refractivity contribution is 0.0747. The number of hydrogen-bond donors (Lipinski definition) is 0. The number of thiophene rings is 1. The number of aryl methyl sites for hydroxylation is 2. The van der Waals surface area contributed by atoms with Gasteiger partial charge in [0.2, 0.25) is 0 Å². The Bertz CT molecular complexity index is 891. The predicted molar refractivity (Wildman–Crippen MR) is 107 cm³/mol. The highest BCUT2D eigenvalue weighted by molar-refractivity contribution is 7.14. The van der Waals surface area contributed by atoms with Crippen LogP contribution in [0, 0.1) is 0 Å². The Kier molecular flexibility index (Phi) is 5.07. The van der Waals surface area contributed by atoms with Gasteiger partial charge < -0.3 is 4.90 Å². The standard InChI is InChI=1S/C21H24N4OS/c1-15(16-8-10-18(11-9-16)25-14-22-13-23-25)24(2)21(26)20-12-17-6-4-3-5-7-19(17)27-20/h8-15H,3-7H2,1-2H3/t15-/m0/s1. The van der Waals surface area contributed by atoms with Gasteiger partial charge in [-0.25, -0.2) is 9.67 Å². The third-order valence-corrected chi connectivity index (χ3v) is 6.64. The number of fused-ring (bicyclic) bond motifs is 1. The predicted octanol–water partition coefficient (Wildman–Crippen LogP) is 4.43. The molecule has 0 saturated carbocycles. The van der Waals surface area contributed by atoms with Crippen LogP contribution in [0.15, 0.2) is 43.0 Å². The number of amides is 1. The first-order valence-electron chi connectivity index (χ1n) is 9.47. The van der Waals surface area contributed by atoms with Crippen LogP contribution in [0.25, 0.3) is 5.69 Å². The lowest BCUT2D eigenvalue weighted by Crippen LogP contribution is -2.29. The highest BCUT2D eigenvalue weighted by Gasteiger charge is 2.23. The summed E-state index contributed by atoms with van der Waals surface area (Å²) >= 11 is 1.69. The van der Waals surface area contributed by atoms with E-state index in [1.807, 2.05) is 24.1 Å². The zero-order valence-electron chi connectivity index (χ0n) is 15.8. The van der Waals surface area contributed by atoms with E-state index in [0.29, 0.717) is 0 Å². The molecule has 27 heavy (non-hydrogen) atoms. The summed E-state index contributed by atoms with van der Waals surface area (Å²) in [4.78, 5) is 21.1. The van der Waals surface area contributed by atoms with Gasteiger partial charge in [-0.3, -0.25) is 4.79 Å². The summed E-state index contributed by atoms with van der Waals surface area (Å²) in [6.07, 6.45) is 9.21. The summed E-state index contributed by atoms with van der Waals surface area (Å²) in [5.41, 5.74) is 3.45. The van der Waals surface area contributed by atoms with Crippen molar-refractivity contribution in [3.63, 3.8) is 0 Å². The van der Waals surface area contributed by atoms with Crippen molar-refractivity contribution in [3.8, 4) is 5.69 Å². The Morgan fingerprint density at radius 2 is 1.96 bits per heavy atom. The van der Waals surface area contributed by atoms with Crippen LogP contribution in [-0.2, 0) is 12.8 Å². The maximum absolute atomic E-state index is 13.0. The third kappa shape index (κ3) is 3.67. The topological polar surface area (TPSA) is 51.0 Å². The van der Waals surface area contributed by atoms with Gasteiger partial charge in [-0.05, 0) is 61.9 Å². The average Bonchev–Trinajstić information content (AvgIpc) is 3.33. The number of rotatable bonds is 4. The van der Waals surface area contributed by atoms with Crippen molar-refractivity contribution in [1.82, 2.24) is 19.7 Å². The molecule has 1 atom stereocenters. The van der Waals surface area contributed by atoms with Crippen molar-refractivity contribution in [2.45, 2.75) is 45.1 Å². The van der Waals surface area contributed by atoms with E-state index in [2.05, 4.69) is 35.2 Å². The van der Waals surface area contributed by atoms with E-state index in [4.69, 9.17) is 0 Å². The second-order valence-corrected chi connectivity index (χ2v) is 8.28. The molecule has 0 spiro atoms. The fourth-order valence-corrected chi connectivity index (χ4v) is 4.83. The summed E-state index contributed by atoms with van der Waals surface area (Å²) in [5, 5.41) is 4.14. The normalized spacial score (nSPS) is 15.0. The van der Waals surface area contributed by atoms with Crippen LogP contribution in [0.5, 0.6) is 0 Å². The van der Waals surface area contributed by atoms with E-state index in [1.54, 1.807) is 22.3 Å². The Hall–Kier alpha value is -2.47. The van der Waals surface area contributed by atoms with Gasteiger partial charge in [0, 0.05) is 11.9 Å². The molecule has 4 rings (SSSR count). The maximum atomic E-state index is 13.0. The largest absolute Gasteiger partial charge is 0.334 e. The van der Waals surface area contributed by atoms with E-state index < -0.39 is 0 Å². The average molecular weight is 381 g/mol. The molecule has 0 aliphatic heterocycles. The number of hydrogen-bond acceptors (Lipinski definition) is 4. The van der Waals surface area contributed by atoms with Gasteiger partial charge in [0.25, 0.3) is 5.91 Å². The zero-order valence-corrected chi connectivity index (χ0v) is 16.6. The molecule has 1 aliphatic rings. The fourth-order valence-electron chi connectivity index (χ4n) is 3.59. The minimum Gasteiger partial charge on any atom is -0.334 e. The molecule has 1 amide bonds. The molecule has 2 heterocycles. The van der Waals surface area contributed by atoms with Gasteiger partial charge in [0.05, 0.1) is 16.6 Å². The van der Waals surface area contributed by atoms with Gasteiger partial charge in [-0.2, -0.15) is 5.10 Å². The van der Waals surface area contributed by atoms with Gasteiger partial charge in [0.1, 0.15) is 12.7 Å². The number of carbonyl (C=O) groups excluding carboxylic acids is 1. The highest BCUT2D eigenvalue weighted by atomic mass is 32.1. The lowest BCUT2D eigenvalue weighted by atomic mass is 10.1. The van der Waals surface area contributed by atoms with E-state index in [-0.39, 0.29) is 11.9 Å². The third-order valence-electron chi connectivity index (χ3n) is 5.42. The minimum absolute atomic E-state index is 0.00389. The van der Waals surface area contributed by atoms with E-state index in [0.717, 1.165) is 29.0 Å². The van der Waals surface area contributed by atoms with Crippen molar-refractivity contribution < 1.29 is 4.79 Å². The highest BCUT2D eigenvalue weighted by Crippen LogP contribution is 2.31. The van der Waals surface area contributed by atoms with E-state index in [1.165, 1.54) is 36.0 Å². The number of aromatic nitrogens is 3. The first-order chi connectivity index (χ1) is 13.1. The van der Waals surface area contributed by atoms with Crippen LogP contribution in [0.1, 0.15) is 57.9 Å². The Labute approximate surface area is 163 Å². The van der Waals surface area contributed by atoms with E-state index >= 15 is 0 Å². The molecule has 5 nitrogen and oxygen atoms in total. The Balaban J connectivity index is 1.50. The van der Waals surface area contributed by atoms with Gasteiger partial charge in [-0.1, -0.05) is 18.6 Å². The molecule has 140 valence electrons. The molecule has 0 N–H and O–H groups in total. The smallest absolute Gasteiger partial charge is 0.264 e. The molecule has 0 bridgehead atoms. The molecule has 1 aliphatic carbocycles. The van der Waals surface area contributed by atoms with Crippen molar-refractivity contribution in [2.75, 3.05) is 7.05 Å². The van der Waals surface area contributed by atoms with E-state index in [9.17, 15) is 4.79 Å². The summed E-state index contributed by atoms with van der Waals surface area (Å²) in [5.74, 6) is 0.112. The molecule has 3 aromatic rings. The van der Waals surface area contributed by atoms with Gasteiger partial charge in [-0.15, -0.1) is 11.3 Å². The van der Waals surface area contributed by atoms with Crippen molar-refractivity contribution >= 4 is 17.2 Å². The molecule has 0 saturated heterocycles. The van der Waals surface area contributed by atoms with Gasteiger partial charge >= 0.3 is 0 Å². The molecular weight excluding hydrogens is 356 g/mol. The van der Waals surface area contributed by atoms with Crippen LogP contribution in [0.2, 0.25) is 0 Å². The molecule has 6 heteroatoms. The molecule has 0 fully saturated rings. The van der Waals surface area contributed by atoms with Gasteiger partial charge in [0.15, 0.2) is 0 Å². The van der Waals surface area contributed by atoms with Crippen LogP contribution < -0.4 is 0 Å². The summed E-state index contributed by atoms with van der Waals surface area (Å²) in [7, 11) is 1.89. The van der Waals surface area contributed by atoms with Crippen molar-refractivity contribution in [1.29, 1.82) is 0 Å². The van der Waals surface area contributed by atoms with Crippen LogP contribution in [0.3, 0.4) is 0 Å². The molecule has 2 aromatic heterocycles. The van der Waals surface area contributed by atoms with Crippen molar-refractivity contribution in [2.24, 2.45) is 0 Å². The number of benzene rings is 1. The number of nitrogens with zero attached hydrogens (tertiary/aromatic N) is 4. The first-order valence-corrected chi connectivity index (χ1v) is 10.3. The molecule has 1 aromatic carbocycles. The SMILES string of the molecule is C[C@@H](c1ccc(-n2cncn2)cc1)N(C)C(=O)c1cc2c(s1)CCCCC2.